The maximum atomic E-state index is 13.4. The molecule has 5 nitrogen and oxygen atoms in total. The minimum Gasteiger partial charge on any atom is -0.497 e. The predicted molar refractivity (Wildman–Crippen MR) is 88.3 cm³/mol. The molecule has 0 unspecified atom stereocenters. The van der Waals surface area contributed by atoms with Crippen LogP contribution >= 0.6 is 0 Å². The van der Waals surface area contributed by atoms with Gasteiger partial charge in [0.05, 0.1) is 13.7 Å². The summed E-state index contributed by atoms with van der Waals surface area (Å²) in [7, 11) is 1.59. The Morgan fingerprint density at radius 1 is 1.25 bits per heavy atom. The Bertz CT molecular complexity index is 889. The van der Waals surface area contributed by atoms with E-state index in [9.17, 15) is 9.18 Å². The lowest BCUT2D eigenvalue weighted by atomic mass is 10.1. The number of hydrogen-bond donors (Lipinski definition) is 3. The van der Waals surface area contributed by atoms with Crippen molar-refractivity contribution in [1.29, 1.82) is 0 Å². The van der Waals surface area contributed by atoms with Gasteiger partial charge >= 0.3 is 0 Å². The van der Waals surface area contributed by atoms with E-state index >= 15 is 0 Å². The van der Waals surface area contributed by atoms with Crippen molar-refractivity contribution in [2.24, 2.45) is 0 Å². The third-order valence-corrected chi connectivity index (χ3v) is 3.81. The topological polar surface area (TPSA) is 74.4 Å². The van der Waals surface area contributed by atoms with Crippen LogP contribution in [0.15, 0.2) is 42.5 Å². The number of carbonyl (C=O) groups excluding carboxylic acids is 1. The molecule has 124 valence electrons. The van der Waals surface area contributed by atoms with E-state index < -0.39 is 5.82 Å². The molecule has 0 spiro atoms. The zero-order valence-corrected chi connectivity index (χ0v) is 13.1. The van der Waals surface area contributed by atoms with Gasteiger partial charge in [-0.1, -0.05) is 6.07 Å². The van der Waals surface area contributed by atoms with Crippen molar-refractivity contribution in [3.63, 3.8) is 0 Å². The van der Waals surface area contributed by atoms with Crippen molar-refractivity contribution in [3.8, 4) is 5.75 Å². The number of nitrogens with one attached hydrogen (secondary N) is 2. The number of aliphatic hydroxyl groups excluding tert-OH is 1. The van der Waals surface area contributed by atoms with Gasteiger partial charge in [0, 0.05) is 23.0 Å². The van der Waals surface area contributed by atoms with E-state index in [0.29, 0.717) is 11.3 Å². The summed E-state index contributed by atoms with van der Waals surface area (Å²) >= 11 is 0. The van der Waals surface area contributed by atoms with Crippen LogP contribution in [0.2, 0.25) is 0 Å². The molecule has 3 aromatic rings. The minimum absolute atomic E-state index is 0.208. The molecule has 2 aromatic carbocycles. The number of methoxy groups -OCH3 is 1. The number of ether oxygens (including phenoxy) is 1. The Hall–Kier alpha value is -2.86. The average molecular weight is 328 g/mol. The Labute approximate surface area is 138 Å². The first-order valence-electron chi connectivity index (χ1n) is 7.44. The molecule has 24 heavy (non-hydrogen) atoms. The molecule has 0 fully saturated rings. The lowest BCUT2D eigenvalue weighted by Gasteiger charge is -2.06. The van der Waals surface area contributed by atoms with Crippen LogP contribution in [0, 0.1) is 5.82 Å². The van der Waals surface area contributed by atoms with Gasteiger partial charge in [-0.15, -0.1) is 0 Å². The molecule has 0 bridgehead atoms. The fourth-order valence-corrected chi connectivity index (χ4v) is 2.50. The zero-order valence-electron chi connectivity index (χ0n) is 13.1. The Morgan fingerprint density at radius 3 is 2.83 bits per heavy atom. The first-order valence-corrected chi connectivity index (χ1v) is 7.44. The smallest absolute Gasteiger partial charge is 0.267 e. The van der Waals surface area contributed by atoms with Gasteiger partial charge in [0.15, 0.2) is 0 Å². The van der Waals surface area contributed by atoms with Gasteiger partial charge in [0.2, 0.25) is 0 Å². The molecule has 1 aromatic heterocycles. The second-order valence-electron chi connectivity index (χ2n) is 5.40. The standard InChI is InChI=1S/C18H17FN2O3/c1-24-14-3-5-16-12(7-14)8-17(21-16)18(23)20-9-11-2-4-15(19)13(6-11)10-22/h2-8,21-22H,9-10H2,1H3,(H,20,23). The third kappa shape index (κ3) is 3.23. The van der Waals surface area contributed by atoms with Gasteiger partial charge in [-0.2, -0.15) is 0 Å². The summed E-state index contributed by atoms with van der Waals surface area (Å²) in [5.74, 6) is -0.00603. The van der Waals surface area contributed by atoms with E-state index in [1.54, 1.807) is 19.2 Å². The fourth-order valence-electron chi connectivity index (χ4n) is 2.50. The van der Waals surface area contributed by atoms with Crippen LogP contribution in [0.5, 0.6) is 5.75 Å². The molecule has 3 N–H and O–H groups in total. The van der Waals surface area contributed by atoms with Crippen LogP contribution in [0.25, 0.3) is 10.9 Å². The highest BCUT2D eigenvalue weighted by molar-refractivity contribution is 5.98. The molecule has 0 saturated carbocycles. The van der Waals surface area contributed by atoms with Crippen molar-refractivity contribution in [3.05, 3.63) is 65.1 Å². The molecule has 0 aliphatic carbocycles. The average Bonchev–Trinajstić information content (AvgIpc) is 3.03. The van der Waals surface area contributed by atoms with Crippen molar-refractivity contribution < 1.29 is 19.0 Å². The molecule has 3 rings (SSSR count). The second kappa shape index (κ2) is 6.72. The molecule has 0 aliphatic heterocycles. The van der Waals surface area contributed by atoms with E-state index in [4.69, 9.17) is 9.84 Å². The van der Waals surface area contributed by atoms with Crippen LogP contribution in [0.4, 0.5) is 4.39 Å². The number of hydrogen-bond acceptors (Lipinski definition) is 3. The predicted octanol–water partition coefficient (Wildman–Crippen LogP) is 2.74. The molecule has 6 heteroatoms. The number of H-pyrrole nitrogens is 1. The summed E-state index contributed by atoms with van der Waals surface area (Å²) in [6.45, 7) is -0.137. The Balaban J connectivity index is 1.73. The summed E-state index contributed by atoms with van der Waals surface area (Å²) in [6.07, 6.45) is 0. The molecule has 0 saturated heterocycles. The number of fused-ring (bicyclic) bond motifs is 1. The maximum Gasteiger partial charge on any atom is 0.267 e. The van der Waals surface area contributed by atoms with E-state index in [1.165, 1.54) is 12.1 Å². The lowest BCUT2D eigenvalue weighted by molar-refractivity contribution is 0.0946. The highest BCUT2D eigenvalue weighted by Gasteiger charge is 2.10. The zero-order chi connectivity index (χ0) is 17.1. The van der Waals surface area contributed by atoms with Crippen LogP contribution in [-0.2, 0) is 13.2 Å². The molecule has 0 radical (unpaired) electrons. The quantitative estimate of drug-likeness (QED) is 0.674. The summed E-state index contributed by atoms with van der Waals surface area (Å²) < 4.78 is 18.5. The molecule has 1 amide bonds. The second-order valence-corrected chi connectivity index (χ2v) is 5.40. The summed E-state index contributed by atoms with van der Waals surface area (Å²) in [4.78, 5) is 15.3. The third-order valence-electron chi connectivity index (χ3n) is 3.81. The van der Waals surface area contributed by atoms with Gasteiger partial charge in [-0.05, 0) is 42.0 Å². The summed E-state index contributed by atoms with van der Waals surface area (Å²) in [5.41, 5.74) is 2.19. The highest BCUT2D eigenvalue weighted by Crippen LogP contribution is 2.21. The number of carbonyl (C=O) groups is 1. The number of halogens is 1. The SMILES string of the molecule is COc1ccc2[nH]c(C(=O)NCc3ccc(F)c(CO)c3)cc2c1. The van der Waals surface area contributed by atoms with E-state index in [0.717, 1.165) is 16.7 Å². The lowest BCUT2D eigenvalue weighted by Crippen LogP contribution is -2.23. The summed E-state index contributed by atoms with van der Waals surface area (Å²) in [5, 5.41) is 12.7. The van der Waals surface area contributed by atoms with Crippen molar-refractivity contribution >= 4 is 16.8 Å². The van der Waals surface area contributed by atoms with Gasteiger partial charge in [-0.3, -0.25) is 4.79 Å². The van der Waals surface area contributed by atoms with Crippen molar-refractivity contribution in [2.75, 3.05) is 7.11 Å². The number of aromatic nitrogens is 1. The van der Waals surface area contributed by atoms with Crippen molar-refractivity contribution in [2.45, 2.75) is 13.2 Å². The first-order chi connectivity index (χ1) is 11.6. The number of amides is 1. The largest absolute Gasteiger partial charge is 0.497 e. The van der Waals surface area contributed by atoms with Crippen molar-refractivity contribution in [1.82, 2.24) is 10.3 Å². The van der Waals surface area contributed by atoms with E-state index in [1.807, 2.05) is 18.2 Å². The molecular weight excluding hydrogens is 311 g/mol. The van der Waals surface area contributed by atoms with Crippen LogP contribution in [-0.4, -0.2) is 23.1 Å². The van der Waals surface area contributed by atoms with Crippen LogP contribution in [0.1, 0.15) is 21.6 Å². The Morgan fingerprint density at radius 2 is 2.08 bits per heavy atom. The number of rotatable bonds is 5. The Kier molecular flexibility index (Phi) is 4.48. The number of benzene rings is 2. The fraction of sp³-hybridized carbons (Fsp3) is 0.167. The minimum atomic E-state index is -0.461. The number of aliphatic hydroxyl groups is 1. The molecule has 0 atom stereocenters. The molecule has 0 aliphatic rings. The van der Waals surface area contributed by atoms with Gasteiger partial charge in [0.1, 0.15) is 17.3 Å². The molecular formula is C18H17FN2O3. The highest BCUT2D eigenvalue weighted by atomic mass is 19.1. The monoisotopic (exact) mass is 328 g/mol. The number of aromatic amines is 1. The van der Waals surface area contributed by atoms with E-state index in [2.05, 4.69) is 10.3 Å². The van der Waals surface area contributed by atoms with Crippen LogP contribution < -0.4 is 10.1 Å². The van der Waals surface area contributed by atoms with Gasteiger partial charge < -0.3 is 20.1 Å². The van der Waals surface area contributed by atoms with E-state index in [-0.39, 0.29) is 24.6 Å². The normalized spacial score (nSPS) is 10.8. The van der Waals surface area contributed by atoms with Crippen LogP contribution in [0.3, 0.4) is 0 Å². The first kappa shape index (κ1) is 16.0. The molecule has 1 heterocycles. The van der Waals surface area contributed by atoms with Gasteiger partial charge in [0.25, 0.3) is 5.91 Å². The maximum absolute atomic E-state index is 13.4. The van der Waals surface area contributed by atoms with Gasteiger partial charge in [-0.25, -0.2) is 4.39 Å². The summed E-state index contributed by atoms with van der Waals surface area (Å²) in [6, 6.07) is 11.6.